The van der Waals surface area contributed by atoms with Gasteiger partial charge in [0.05, 0.1) is 10.7 Å². The van der Waals surface area contributed by atoms with Crippen LogP contribution in [0.25, 0.3) is 0 Å². The van der Waals surface area contributed by atoms with Crippen LogP contribution < -0.4 is 15.5 Å². The molecule has 0 atom stereocenters. The lowest BCUT2D eigenvalue weighted by atomic mass is 10.2. The molecule has 0 radical (unpaired) electrons. The van der Waals surface area contributed by atoms with E-state index in [0.29, 0.717) is 34.9 Å². The molecule has 3 amide bonds. The molecule has 0 unspecified atom stereocenters. The molecule has 0 bridgehead atoms. The van der Waals surface area contributed by atoms with Crippen molar-refractivity contribution in [2.75, 3.05) is 23.3 Å². The van der Waals surface area contributed by atoms with Crippen molar-refractivity contribution < 1.29 is 14.4 Å². The van der Waals surface area contributed by atoms with Crippen LogP contribution in [0.3, 0.4) is 0 Å². The number of nitrogens with one attached hydrogen (secondary N) is 2. The van der Waals surface area contributed by atoms with Crippen LogP contribution in [0.2, 0.25) is 5.02 Å². The van der Waals surface area contributed by atoms with Crippen LogP contribution in [0.5, 0.6) is 0 Å². The quantitative estimate of drug-likeness (QED) is 0.801. The summed E-state index contributed by atoms with van der Waals surface area (Å²) in [5, 5.41) is 5.87. The fourth-order valence-corrected chi connectivity index (χ4v) is 3.19. The van der Waals surface area contributed by atoms with E-state index in [-0.39, 0.29) is 30.7 Å². The minimum atomic E-state index is -0.232. The van der Waals surface area contributed by atoms with Gasteiger partial charge in [-0.1, -0.05) is 29.8 Å². The lowest BCUT2D eigenvalue weighted by molar-refractivity contribution is -0.117. The monoisotopic (exact) mass is 385 g/mol. The largest absolute Gasteiger partial charge is 0.352 e. The fourth-order valence-electron chi connectivity index (χ4n) is 2.91. The molecule has 27 heavy (non-hydrogen) atoms. The molecule has 1 aliphatic rings. The first-order chi connectivity index (χ1) is 13.0. The van der Waals surface area contributed by atoms with E-state index in [1.807, 2.05) is 6.07 Å². The Morgan fingerprint density at radius 1 is 1.11 bits per heavy atom. The second-order valence-electron chi connectivity index (χ2n) is 6.24. The van der Waals surface area contributed by atoms with Crippen molar-refractivity contribution in [1.82, 2.24) is 5.32 Å². The molecule has 1 fully saturated rings. The normalized spacial score (nSPS) is 13.5. The van der Waals surface area contributed by atoms with Gasteiger partial charge in [-0.05, 0) is 36.8 Å². The third kappa shape index (κ3) is 4.86. The van der Waals surface area contributed by atoms with Crippen LogP contribution >= 0.6 is 11.6 Å². The van der Waals surface area contributed by atoms with Crippen molar-refractivity contribution in [3.8, 4) is 0 Å². The number of benzene rings is 2. The maximum absolute atomic E-state index is 12.1. The Bertz CT molecular complexity index is 855. The van der Waals surface area contributed by atoms with E-state index in [1.54, 1.807) is 47.4 Å². The SMILES string of the molecule is O=C(CCNC(=O)c1ccccc1)Nc1ccc(N2CCCC2=O)c(Cl)c1. The number of carbonyl (C=O) groups excluding carboxylic acids is 3. The number of anilines is 2. The highest BCUT2D eigenvalue weighted by Gasteiger charge is 2.23. The van der Waals surface area contributed by atoms with Crippen molar-refractivity contribution in [2.24, 2.45) is 0 Å². The molecule has 2 N–H and O–H groups in total. The second-order valence-corrected chi connectivity index (χ2v) is 6.64. The third-order valence-corrected chi connectivity index (χ3v) is 4.57. The average Bonchev–Trinajstić information content (AvgIpc) is 3.08. The molecule has 2 aromatic rings. The van der Waals surface area contributed by atoms with Gasteiger partial charge in [-0.15, -0.1) is 0 Å². The number of rotatable bonds is 6. The zero-order chi connectivity index (χ0) is 19.2. The van der Waals surface area contributed by atoms with Gasteiger partial charge in [0.25, 0.3) is 5.91 Å². The maximum Gasteiger partial charge on any atom is 0.251 e. The summed E-state index contributed by atoms with van der Waals surface area (Å²) in [6.07, 6.45) is 1.49. The smallest absolute Gasteiger partial charge is 0.251 e. The summed E-state index contributed by atoms with van der Waals surface area (Å²) >= 11 is 6.27. The molecule has 0 saturated carbocycles. The Morgan fingerprint density at radius 2 is 1.89 bits per heavy atom. The Balaban J connectivity index is 1.50. The predicted molar refractivity (Wildman–Crippen MR) is 105 cm³/mol. The van der Waals surface area contributed by atoms with Gasteiger partial charge in [0.15, 0.2) is 0 Å². The highest BCUT2D eigenvalue weighted by molar-refractivity contribution is 6.34. The van der Waals surface area contributed by atoms with Crippen molar-refractivity contribution in [2.45, 2.75) is 19.3 Å². The molecule has 0 aromatic heterocycles. The molecule has 6 nitrogen and oxygen atoms in total. The standard InChI is InChI=1S/C20H20ClN3O3/c21-16-13-15(8-9-17(16)24-12-4-7-19(24)26)23-18(25)10-11-22-20(27)14-5-2-1-3-6-14/h1-3,5-6,8-9,13H,4,7,10-12H2,(H,22,27)(H,23,25). The summed E-state index contributed by atoms with van der Waals surface area (Å²) in [5.41, 5.74) is 1.76. The molecule has 2 aromatic carbocycles. The van der Waals surface area contributed by atoms with Gasteiger partial charge < -0.3 is 15.5 Å². The first kappa shape index (κ1) is 18.9. The second kappa shape index (κ2) is 8.68. The van der Waals surface area contributed by atoms with Crippen LogP contribution in [0.1, 0.15) is 29.6 Å². The van der Waals surface area contributed by atoms with E-state index in [4.69, 9.17) is 11.6 Å². The highest BCUT2D eigenvalue weighted by atomic mass is 35.5. The molecule has 7 heteroatoms. The Hall–Kier alpha value is -2.86. The van der Waals surface area contributed by atoms with Crippen molar-refractivity contribution in [3.63, 3.8) is 0 Å². The van der Waals surface area contributed by atoms with E-state index in [0.717, 1.165) is 6.42 Å². The summed E-state index contributed by atoms with van der Waals surface area (Å²) in [6, 6.07) is 13.9. The van der Waals surface area contributed by atoms with Crippen molar-refractivity contribution in [1.29, 1.82) is 0 Å². The number of carbonyl (C=O) groups is 3. The number of halogens is 1. The maximum atomic E-state index is 12.1. The summed E-state index contributed by atoms with van der Waals surface area (Å²) in [5.74, 6) is -0.390. The molecule has 1 aliphatic heterocycles. The van der Waals surface area contributed by atoms with Gasteiger partial charge in [-0.3, -0.25) is 14.4 Å². The average molecular weight is 386 g/mol. The number of amides is 3. The van der Waals surface area contributed by atoms with Gasteiger partial charge in [-0.25, -0.2) is 0 Å². The van der Waals surface area contributed by atoms with Crippen LogP contribution in [0.4, 0.5) is 11.4 Å². The molecular weight excluding hydrogens is 366 g/mol. The Labute approximate surface area is 162 Å². The number of hydrogen-bond donors (Lipinski definition) is 2. The number of nitrogens with zero attached hydrogens (tertiary/aromatic N) is 1. The van der Waals surface area contributed by atoms with Gasteiger partial charge >= 0.3 is 0 Å². The molecule has 1 heterocycles. The van der Waals surface area contributed by atoms with E-state index in [1.165, 1.54) is 0 Å². The molecular formula is C20H20ClN3O3. The third-order valence-electron chi connectivity index (χ3n) is 4.27. The highest BCUT2D eigenvalue weighted by Crippen LogP contribution is 2.31. The van der Waals surface area contributed by atoms with Gasteiger partial charge in [-0.2, -0.15) is 0 Å². The predicted octanol–water partition coefficient (Wildman–Crippen LogP) is 3.23. The minimum absolute atomic E-state index is 0.0582. The van der Waals surface area contributed by atoms with Crippen LogP contribution in [-0.4, -0.2) is 30.8 Å². The molecule has 140 valence electrons. The first-order valence-corrected chi connectivity index (χ1v) is 9.15. The summed E-state index contributed by atoms with van der Waals surface area (Å²) in [6.45, 7) is 0.888. The Morgan fingerprint density at radius 3 is 2.56 bits per heavy atom. The van der Waals surface area contributed by atoms with Crippen LogP contribution in [0, 0.1) is 0 Å². The summed E-state index contributed by atoms with van der Waals surface area (Å²) < 4.78 is 0. The van der Waals surface area contributed by atoms with E-state index >= 15 is 0 Å². The Kier molecular flexibility index (Phi) is 6.08. The lowest BCUT2D eigenvalue weighted by Gasteiger charge is -2.18. The zero-order valence-electron chi connectivity index (χ0n) is 14.7. The number of hydrogen-bond acceptors (Lipinski definition) is 3. The molecule has 0 spiro atoms. The molecule has 0 aliphatic carbocycles. The summed E-state index contributed by atoms with van der Waals surface area (Å²) in [7, 11) is 0. The summed E-state index contributed by atoms with van der Waals surface area (Å²) in [4.78, 5) is 37.5. The fraction of sp³-hybridized carbons (Fsp3) is 0.250. The first-order valence-electron chi connectivity index (χ1n) is 8.77. The van der Waals surface area contributed by atoms with Crippen LogP contribution in [0.15, 0.2) is 48.5 Å². The van der Waals surface area contributed by atoms with E-state index in [2.05, 4.69) is 10.6 Å². The van der Waals surface area contributed by atoms with Gasteiger partial charge in [0, 0.05) is 37.2 Å². The zero-order valence-corrected chi connectivity index (χ0v) is 15.5. The molecule has 1 saturated heterocycles. The van der Waals surface area contributed by atoms with Gasteiger partial charge in [0.1, 0.15) is 0 Å². The van der Waals surface area contributed by atoms with Crippen LogP contribution in [-0.2, 0) is 9.59 Å². The topological polar surface area (TPSA) is 78.5 Å². The van der Waals surface area contributed by atoms with E-state index in [9.17, 15) is 14.4 Å². The molecule has 3 rings (SSSR count). The minimum Gasteiger partial charge on any atom is -0.352 e. The van der Waals surface area contributed by atoms with Crippen molar-refractivity contribution >= 4 is 40.7 Å². The van der Waals surface area contributed by atoms with E-state index < -0.39 is 0 Å². The van der Waals surface area contributed by atoms with Crippen molar-refractivity contribution in [3.05, 3.63) is 59.1 Å². The lowest BCUT2D eigenvalue weighted by Crippen LogP contribution is -2.27. The van der Waals surface area contributed by atoms with Gasteiger partial charge in [0.2, 0.25) is 11.8 Å².